The molecular formula is C23H40N2O. The number of hydrogen-bond donors (Lipinski definition) is 2. The van der Waals surface area contributed by atoms with Crippen LogP contribution in [-0.4, -0.2) is 18.5 Å². The van der Waals surface area contributed by atoms with E-state index in [1.165, 1.54) is 63.4 Å². The molecule has 3 heteroatoms. The molecule has 1 aromatic rings. The van der Waals surface area contributed by atoms with Crippen LogP contribution in [0.15, 0.2) is 24.3 Å². The van der Waals surface area contributed by atoms with E-state index in [9.17, 15) is 4.79 Å². The maximum Gasteiger partial charge on any atom is 0.251 e. The summed E-state index contributed by atoms with van der Waals surface area (Å²) in [5.41, 5.74) is 1.97. The molecule has 0 aromatic heterocycles. The van der Waals surface area contributed by atoms with Crippen LogP contribution in [0.5, 0.6) is 0 Å². The predicted molar refractivity (Wildman–Crippen MR) is 113 cm³/mol. The van der Waals surface area contributed by atoms with Gasteiger partial charge in [0, 0.05) is 24.7 Å². The molecule has 1 amide bonds. The van der Waals surface area contributed by atoms with Crippen LogP contribution in [0.4, 0.5) is 0 Å². The lowest BCUT2D eigenvalue weighted by molar-refractivity contribution is 0.0953. The minimum absolute atomic E-state index is 0.0456. The van der Waals surface area contributed by atoms with Gasteiger partial charge in [0.05, 0.1) is 0 Å². The van der Waals surface area contributed by atoms with Gasteiger partial charge in [0.25, 0.3) is 5.91 Å². The normalized spacial score (nSPS) is 11.1. The summed E-state index contributed by atoms with van der Waals surface area (Å²) >= 11 is 0. The minimum Gasteiger partial charge on any atom is -0.352 e. The Kier molecular flexibility index (Phi) is 12.9. The fourth-order valence-corrected chi connectivity index (χ4v) is 3.01. The largest absolute Gasteiger partial charge is 0.352 e. The highest BCUT2D eigenvalue weighted by Crippen LogP contribution is 2.10. The van der Waals surface area contributed by atoms with E-state index in [4.69, 9.17) is 0 Å². The molecule has 1 rings (SSSR count). The second kappa shape index (κ2) is 14.8. The van der Waals surface area contributed by atoms with Crippen molar-refractivity contribution in [1.82, 2.24) is 10.6 Å². The monoisotopic (exact) mass is 360 g/mol. The van der Waals surface area contributed by atoms with Crippen molar-refractivity contribution in [2.24, 2.45) is 0 Å². The van der Waals surface area contributed by atoms with Crippen LogP contribution in [0.25, 0.3) is 0 Å². The molecule has 0 radical (unpaired) electrons. The number of nitrogens with one attached hydrogen (secondary N) is 2. The Bertz CT molecular complexity index is 468. The molecule has 0 atom stereocenters. The van der Waals surface area contributed by atoms with Gasteiger partial charge in [-0.2, -0.15) is 0 Å². The number of carbonyl (C=O) groups is 1. The first kappa shape index (κ1) is 22.7. The van der Waals surface area contributed by atoms with Gasteiger partial charge >= 0.3 is 0 Å². The zero-order valence-corrected chi connectivity index (χ0v) is 17.3. The number of hydrogen-bond acceptors (Lipinski definition) is 2. The van der Waals surface area contributed by atoms with E-state index in [0.29, 0.717) is 6.04 Å². The van der Waals surface area contributed by atoms with Crippen molar-refractivity contribution in [2.45, 2.75) is 97.6 Å². The summed E-state index contributed by atoms with van der Waals surface area (Å²) in [5, 5.41) is 6.42. The lowest BCUT2D eigenvalue weighted by Gasteiger charge is -2.09. The molecule has 148 valence electrons. The summed E-state index contributed by atoms with van der Waals surface area (Å²) in [6, 6.07) is 8.38. The zero-order valence-electron chi connectivity index (χ0n) is 17.3. The van der Waals surface area contributed by atoms with E-state index in [1.807, 2.05) is 24.3 Å². The molecule has 1 aromatic carbocycles. The number of unbranched alkanes of at least 4 members (excludes halogenated alkanes) is 9. The Balaban J connectivity index is 2.04. The molecule has 0 bridgehead atoms. The average Bonchev–Trinajstić information content (AvgIpc) is 2.64. The van der Waals surface area contributed by atoms with E-state index in [2.05, 4.69) is 31.4 Å². The summed E-state index contributed by atoms with van der Waals surface area (Å²) in [5.74, 6) is 0.0456. The first-order valence-electron chi connectivity index (χ1n) is 10.7. The predicted octanol–water partition coefficient (Wildman–Crippen LogP) is 5.84. The van der Waals surface area contributed by atoms with E-state index in [-0.39, 0.29) is 5.91 Å². The third kappa shape index (κ3) is 11.3. The summed E-state index contributed by atoms with van der Waals surface area (Å²) in [4.78, 5) is 12.2. The highest BCUT2D eigenvalue weighted by atomic mass is 16.1. The smallest absolute Gasteiger partial charge is 0.251 e. The summed E-state index contributed by atoms with van der Waals surface area (Å²) in [6.45, 7) is 8.16. The molecule has 2 N–H and O–H groups in total. The number of rotatable bonds is 15. The topological polar surface area (TPSA) is 41.1 Å². The summed E-state index contributed by atoms with van der Waals surface area (Å²) < 4.78 is 0. The third-order valence-electron chi connectivity index (χ3n) is 4.75. The van der Waals surface area contributed by atoms with Crippen molar-refractivity contribution < 1.29 is 4.79 Å². The summed E-state index contributed by atoms with van der Waals surface area (Å²) in [7, 11) is 0. The Hall–Kier alpha value is -1.35. The van der Waals surface area contributed by atoms with E-state index in [0.717, 1.165) is 25.1 Å². The van der Waals surface area contributed by atoms with Crippen LogP contribution in [-0.2, 0) is 6.54 Å². The van der Waals surface area contributed by atoms with Gasteiger partial charge in [0.15, 0.2) is 0 Å². The minimum atomic E-state index is 0.0456. The van der Waals surface area contributed by atoms with E-state index >= 15 is 0 Å². The van der Waals surface area contributed by atoms with Crippen molar-refractivity contribution >= 4 is 5.91 Å². The third-order valence-corrected chi connectivity index (χ3v) is 4.75. The van der Waals surface area contributed by atoms with Crippen LogP contribution in [0, 0.1) is 0 Å². The molecule has 0 aliphatic carbocycles. The highest BCUT2D eigenvalue weighted by molar-refractivity contribution is 5.94. The summed E-state index contributed by atoms with van der Waals surface area (Å²) in [6.07, 6.45) is 13.2. The van der Waals surface area contributed by atoms with Crippen molar-refractivity contribution in [3.8, 4) is 0 Å². The molecule has 0 aliphatic heterocycles. The first-order chi connectivity index (χ1) is 12.6. The Labute approximate surface area is 161 Å². The molecule has 0 heterocycles. The first-order valence-corrected chi connectivity index (χ1v) is 10.7. The van der Waals surface area contributed by atoms with Gasteiger partial charge in [0.1, 0.15) is 0 Å². The van der Waals surface area contributed by atoms with E-state index < -0.39 is 0 Å². The number of benzene rings is 1. The van der Waals surface area contributed by atoms with Crippen molar-refractivity contribution in [1.29, 1.82) is 0 Å². The SMILES string of the molecule is CCCCCCCCCCCCNC(=O)c1ccc(CNC(C)C)cc1. The molecular weight excluding hydrogens is 320 g/mol. The van der Waals surface area contributed by atoms with Gasteiger partial charge in [-0.1, -0.05) is 90.7 Å². The lowest BCUT2D eigenvalue weighted by atomic mass is 10.1. The van der Waals surface area contributed by atoms with Gasteiger partial charge < -0.3 is 10.6 Å². The standard InChI is InChI=1S/C23H40N2O/c1-4-5-6-7-8-9-10-11-12-13-18-24-23(26)22-16-14-21(15-17-22)19-25-20(2)3/h14-17,20,25H,4-13,18-19H2,1-3H3,(H,24,26). The molecule has 26 heavy (non-hydrogen) atoms. The van der Waals surface area contributed by atoms with Gasteiger partial charge in [0.2, 0.25) is 0 Å². The molecule has 0 fully saturated rings. The molecule has 0 saturated heterocycles. The van der Waals surface area contributed by atoms with Crippen LogP contribution < -0.4 is 10.6 Å². The second-order valence-electron chi connectivity index (χ2n) is 7.67. The molecule has 0 aliphatic rings. The molecule has 0 saturated carbocycles. The fraction of sp³-hybridized carbons (Fsp3) is 0.696. The van der Waals surface area contributed by atoms with Crippen LogP contribution in [0.2, 0.25) is 0 Å². The van der Waals surface area contributed by atoms with Gasteiger partial charge in [-0.3, -0.25) is 4.79 Å². The number of amides is 1. The zero-order chi connectivity index (χ0) is 19.0. The Morgan fingerprint density at radius 3 is 1.92 bits per heavy atom. The van der Waals surface area contributed by atoms with E-state index in [1.54, 1.807) is 0 Å². The quantitative estimate of drug-likeness (QED) is 0.386. The maximum absolute atomic E-state index is 12.2. The second-order valence-corrected chi connectivity index (χ2v) is 7.67. The van der Waals surface area contributed by atoms with Crippen molar-refractivity contribution in [3.05, 3.63) is 35.4 Å². The fourth-order valence-electron chi connectivity index (χ4n) is 3.01. The molecule has 0 spiro atoms. The maximum atomic E-state index is 12.2. The van der Waals surface area contributed by atoms with Crippen molar-refractivity contribution in [3.63, 3.8) is 0 Å². The van der Waals surface area contributed by atoms with Gasteiger partial charge in [-0.05, 0) is 24.1 Å². The van der Waals surface area contributed by atoms with Crippen LogP contribution in [0.1, 0.15) is 101 Å². The lowest BCUT2D eigenvalue weighted by Crippen LogP contribution is -2.24. The Morgan fingerprint density at radius 1 is 0.846 bits per heavy atom. The average molecular weight is 361 g/mol. The Morgan fingerprint density at radius 2 is 1.38 bits per heavy atom. The van der Waals surface area contributed by atoms with Crippen molar-refractivity contribution in [2.75, 3.05) is 6.54 Å². The molecule has 0 unspecified atom stereocenters. The highest BCUT2D eigenvalue weighted by Gasteiger charge is 2.04. The van der Waals surface area contributed by atoms with Crippen LogP contribution in [0.3, 0.4) is 0 Å². The number of carbonyl (C=O) groups excluding carboxylic acids is 1. The van der Waals surface area contributed by atoms with Gasteiger partial charge in [-0.15, -0.1) is 0 Å². The molecule has 3 nitrogen and oxygen atoms in total. The van der Waals surface area contributed by atoms with Gasteiger partial charge in [-0.25, -0.2) is 0 Å². The van der Waals surface area contributed by atoms with Crippen LogP contribution >= 0.6 is 0 Å².